The van der Waals surface area contributed by atoms with E-state index >= 15 is 0 Å². The summed E-state index contributed by atoms with van der Waals surface area (Å²) in [5, 5.41) is 3.38. The second-order valence-electron chi connectivity index (χ2n) is 7.27. The molecular weight excluding hydrogens is 264 g/mol. The Kier molecular flexibility index (Phi) is 7.14. The maximum absolute atomic E-state index is 12.2. The highest BCUT2D eigenvalue weighted by Crippen LogP contribution is 2.29. The van der Waals surface area contributed by atoms with Crippen molar-refractivity contribution in [1.82, 2.24) is 10.2 Å². The maximum Gasteiger partial charge on any atom is 0.326 e. The van der Waals surface area contributed by atoms with Gasteiger partial charge in [-0.05, 0) is 64.6 Å². The molecule has 1 unspecified atom stereocenters. The Balaban J connectivity index is 2.44. The van der Waals surface area contributed by atoms with Gasteiger partial charge in [-0.15, -0.1) is 0 Å². The second-order valence-corrected chi connectivity index (χ2v) is 7.27. The van der Waals surface area contributed by atoms with Crippen LogP contribution in [0.2, 0.25) is 0 Å². The zero-order valence-electron chi connectivity index (χ0n) is 14.6. The number of esters is 1. The van der Waals surface area contributed by atoms with Gasteiger partial charge in [0.15, 0.2) is 0 Å². The summed E-state index contributed by atoms with van der Waals surface area (Å²) in [5.74, 6) is -0.111. The van der Waals surface area contributed by atoms with E-state index in [4.69, 9.17) is 4.74 Å². The fourth-order valence-electron chi connectivity index (χ4n) is 3.03. The van der Waals surface area contributed by atoms with Crippen molar-refractivity contribution in [2.45, 2.75) is 65.8 Å². The number of hydrogen-bond acceptors (Lipinski definition) is 4. The molecule has 1 N–H and O–H groups in total. The number of likely N-dealkylation sites (tertiary alicyclic amines) is 1. The fraction of sp³-hybridized carbons (Fsp3) is 0.941. The highest BCUT2D eigenvalue weighted by molar-refractivity contribution is 5.80. The Hall–Kier alpha value is -0.610. The smallest absolute Gasteiger partial charge is 0.326 e. The highest BCUT2D eigenvalue weighted by Gasteiger charge is 2.34. The van der Waals surface area contributed by atoms with Gasteiger partial charge in [-0.1, -0.05) is 20.8 Å². The van der Waals surface area contributed by atoms with Gasteiger partial charge in [-0.2, -0.15) is 0 Å². The van der Waals surface area contributed by atoms with Crippen LogP contribution in [0.15, 0.2) is 0 Å². The summed E-state index contributed by atoms with van der Waals surface area (Å²) in [6.45, 7) is 15.4. The van der Waals surface area contributed by atoms with Crippen molar-refractivity contribution in [3.8, 4) is 0 Å². The van der Waals surface area contributed by atoms with Gasteiger partial charge in [0.2, 0.25) is 0 Å². The lowest BCUT2D eigenvalue weighted by atomic mass is 9.93. The van der Waals surface area contributed by atoms with Crippen LogP contribution in [0, 0.1) is 5.41 Å². The van der Waals surface area contributed by atoms with Crippen LogP contribution >= 0.6 is 0 Å². The van der Waals surface area contributed by atoms with Gasteiger partial charge in [-0.25, -0.2) is 0 Å². The Morgan fingerprint density at radius 2 is 2.10 bits per heavy atom. The topological polar surface area (TPSA) is 41.6 Å². The van der Waals surface area contributed by atoms with Gasteiger partial charge in [0.25, 0.3) is 0 Å². The first-order valence-corrected chi connectivity index (χ1v) is 8.47. The molecule has 1 atom stereocenters. The molecule has 0 bridgehead atoms. The Bertz CT molecular complexity index is 331. The molecule has 4 heteroatoms. The molecule has 0 radical (unpaired) electrons. The van der Waals surface area contributed by atoms with Gasteiger partial charge in [0.05, 0.1) is 6.61 Å². The quantitative estimate of drug-likeness (QED) is 0.665. The minimum atomic E-state index is -0.540. The van der Waals surface area contributed by atoms with Crippen LogP contribution in [0.5, 0.6) is 0 Å². The Labute approximate surface area is 130 Å². The van der Waals surface area contributed by atoms with Gasteiger partial charge >= 0.3 is 5.97 Å². The Morgan fingerprint density at radius 1 is 1.38 bits per heavy atom. The lowest BCUT2D eigenvalue weighted by Gasteiger charge is -2.29. The SMILES string of the molecule is CCCNC(C)(CCCN1CCC(C)(C)C1)C(=O)OCC. The highest BCUT2D eigenvalue weighted by atomic mass is 16.5. The predicted molar refractivity (Wildman–Crippen MR) is 87.4 cm³/mol. The van der Waals surface area contributed by atoms with E-state index < -0.39 is 5.54 Å². The summed E-state index contributed by atoms with van der Waals surface area (Å²) in [6.07, 6.45) is 4.16. The first-order chi connectivity index (χ1) is 9.83. The molecule has 0 spiro atoms. The van der Waals surface area contributed by atoms with Crippen LogP contribution in [0.4, 0.5) is 0 Å². The van der Waals surface area contributed by atoms with Gasteiger partial charge in [0, 0.05) is 6.54 Å². The van der Waals surface area contributed by atoms with E-state index in [0.29, 0.717) is 12.0 Å². The van der Waals surface area contributed by atoms with E-state index in [1.165, 1.54) is 19.5 Å². The number of nitrogens with zero attached hydrogens (tertiary/aromatic N) is 1. The molecule has 21 heavy (non-hydrogen) atoms. The molecule has 0 aromatic rings. The number of ether oxygens (including phenoxy) is 1. The van der Waals surface area contributed by atoms with Crippen molar-refractivity contribution in [3.05, 3.63) is 0 Å². The van der Waals surface area contributed by atoms with E-state index in [1.54, 1.807) is 0 Å². The van der Waals surface area contributed by atoms with Crippen LogP contribution in [0.25, 0.3) is 0 Å². The summed E-state index contributed by atoms with van der Waals surface area (Å²) in [5.41, 5.74) is -0.0911. The summed E-state index contributed by atoms with van der Waals surface area (Å²) in [7, 11) is 0. The minimum absolute atomic E-state index is 0.111. The van der Waals surface area contributed by atoms with Crippen molar-refractivity contribution >= 4 is 5.97 Å². The molecule has 1 aliphatic heterocycles. The van der Waals surface area contributed by atoms with Crippen molar-refractivity contribution in [3.63, 3.8) is 0 Å². The van der Waals surface area contributed by atoms with Crippen molar-refractivity contribution in [2.75, 3.05) is 32.8 Å². The zero-order valence-corrected chi connectivity index (χ0v) is 14.6. The minimum Gasteiger partial charge on any atom is -0.465 e. The van der Waals surface area contributed by atoms with Crippen molar-refractivity contribution in [1.29, 1.82) is 0 Å². The van der Waals surface area contributed by atoms with Crippen LogP contribution in [-0.2, 0) is 9.53 Å². The normalized spacial score (nSPS) is 21.2. The number of nitrogens with one attached hydrogen (secondary N) is 1. The van der Waals surface area contributed by atoms with E-state index in [-0.39, 0.29) is 5.97 Å². The molecule has 124 valence electrons. The third kappa shape index (κ3) is 5.95. The zero-order chi connectivity index (χ0) is 15.9. The van der Waals surface area contributed by atoms with E-state index in [0.717, 1.165) is 32.4 Å². The third-order valence-electron chi connectivity index (χ3n) is 4.40. The molecule has 0 aromatic carbocycles. The molecule has 1 saturated heterocycles. The number of carbonyl (C=O) groups excluding carboxylic acids is 1. The molecular formula is C17H34N2O2. The lowest BCUT2D eigenvalue weighted by molar-refractivity contribution is -0.150. The molecule has 0 aliphatic carbocycles. The van der Waals surface area contributed by atoms with Crippen LogP contribution in [-0.4, -0.2) is 49.2 Å². The molecule has 0 amide bonds. The summed E-state index contributed by atoms with van der Waals surface area (Å²) in [4.78, 5) is 14.7. The second kappa shape index (κ2) is 8.14. The standard InChI is InChI=1S/C17H34N2O2/c1-6-11-18-17(5,15(20)21-7-2)9-8-12-19-13-10-16(3,4)14-19/h18H,6-14H2,1-5H3. The van der Waals surface area contributed by atoms with Crippen molar-refractivity contribution in [2.24, 2.45) is 5.41 Å². The number of rotatable bonds is 9. The lowest BCUT2D eigenvalue weighted by Crippen LogP contribution is -2.51. The largest absolute Gasteiger partial charge is 0.465 e. The van der Waals surface area contributed by atoms with E-state index in [1.807, 2.05) is 13.8 Å². The Morgan fingerprint density at radius 3 is 2.62 bits per heavy atom. The molecule has 0 saturated carbocycles. The van der Waals surface area contributed by atoms with Crippen LogP contribution in [0.3, 0.4) is 0 Å². The molecule has 1 rings (SSSR count). The molecule has 1 aliphatic rings. The van der Waals surface area contributed by atoms with E-state index in [2.05, 4.69) is 31.0 Å². The maximum atomic E-state index is 12.2. The molecule has 4 nitrogen and oxygen atoms in total. The predicted octanol–water partition coefficient (Wildman–Crippen LogP) is 2.82. The van der Waals surface area contributed by atoms with Gasteiger partial charge in [0.1, 0.15) is 5.54 Å². The molecule has 0 aromatic heterocycles. The van der Waals surface area contributed by atoms with Gasteiger partial charge in [-0.3, -0.25) is 4.79 Å². The summed E-state index contributed by atoms with van der Waals surface area (Å²) in [6, 6.07) is 0. The van der Waals surface area contributed by atoms with Crippen LogP contribution < -0.4 is 5.32 Å². The van der Waals surface area contributed by atoms with E-state index in [9.17, 15) is 4.79 Å². The average Bonchev–Trinajstić information content (AvgIpc) is 2.76. The first kappa shape index (κ1) is 18.4. The average molecular weight is 298 g/mol. The number of hydrogen-bond donors (Lipinski definition) is 1. The molecule has 1 heterocycles. The van der Waals surface area contributed by atoms with Crippen molar-refractivity contribution < 1.29 is 9.53 Å². The monoisotopic (exact) mass is 298 g/mol. The third-order valence-corrected chi connectivity index (χ3v) is 4.40. The summed E-state index contributed by atoms with van der Waals surface area (Å²) >= 11 is 0. The fourth-order valence-corrected chi connectivity index (χ4v) is 3.03. The summed E-state index contributed by atoms with van der Waals surface area (Å²) < 4.78 is 5.24. The van der Waals surface area contributed by atoms with Gasteiger partial charge < -0.3 is 15.0 Å². The molecule has 1 fully saturated rings. The first-order valence-electron chi connectivity index (χ1n) is 8.47. The number of carbonyl (C=O) groups is 1. The van der Waals surface area contributed by atoms with Crippen LogP contribution in [0.1, 0.15) is 60.3 Å².